The van der Waals surface area contributed by atoms with Crippen LogP contribution in [0.3, 0.4) is 0 Å². The topological polar surface area (TPSA) is 84.9 Å². The van der Waals surface area contributed by atoms with Gasteiger partial charge in [0.15, 0.2) is 11.5 Å². The van der Waals surface area contributed by atoms with Crippen LogP contribution in [0.5, 0.6) is 11.5 Å². The molecule has 7 heteroatoms. The van der Waals surface area contributed by atoms with Gasteiger partial charge < -0.3 is 14.8 Å². The summed E-state index contributed by atoms with van der Waals surface area (Å²) in [6.45, 7) is 5.34. The molecule has 0 spiro atoms. The lowest BCUT2D eigenvalue weighted by molar-refractivity contribution is -0.122. The van der Waals surface area contributed by atoms with Crippen molar-refractivity contribution in [3.05, 3.63) is 59.2 Å². The summed E-state index contributed by atoms with van der Waals surface area (Å²) >= 11 is 0. The van der Waals surface area contributed by atoms with Gasteiger partial charge in [0.25, 0.3) is 11.8 Å². The number of ether oxygens (including phenoxy) is 2. The first-order chi connectivity index (χ1) is 15.0. The molecule has 2 aliphatic rings. The summed E-state index contributed by atoms with van der Waals surface area (Å²) in [6.07, 6.45) is 0.629. The summed E-state index contributed by atoms with van der Waals surface area (Å²) in [4.78, 5) is 38.7. The Hall–Kier alpha value is -3.35. The van der Waals surface area contributed by atoms with Gasteiger partial charge in [0.05, 0.1) is 17.2 Å². The van der Waals surface area contributed by atoms with E-state index in [1.165, 1.54) is 4.90 Å². The summed E-state index contributed by atoms with van der Waals surface area (Å²) < 4.78 is 11.2. The van der Waals surface area contributed by atoms with Crippen molar-refractivity contribution in [2.75, 3.05) is 19.8 Å². The number of carbonyl (C=O) groups excluding carboxylic acids is 3. The predicted molar refractivity (Wildman–Crippen MR) is 114 cm³/mol. The van der Waals surface area contributed by atoms with Gasteiger partial charge in [0, 0.05) is 13.0 Å². The number of rotatable bonds is 7. The fraction of sp³-hybridized carbons (Fsp3) is 0.375. The molecule has 0 fully saturated rings. The van der Waals surface area contributed by atoms with Crippen LogP contribution in [0.1, 0.15) is 59.0 Å². The van der Waals surface area contributed by atoms with Gasteiger partial charge in [-0.15, -0.1) is 0 Å². The van der Waals surface area contributed by atoms with Gasteiger partial charge in [-0.3, -0.25) is 19.3 Å². The molecule has 1 N–H and O–H groups in total. The Morgan fingerprint density at radius 1 is 1.00 bits per heavy atom. The molecule has 31 heavy (non-hydrogen) atoms. The van der Waals surface area contributed by atoms with Crippen LogP contribution in [0.15, 0.2) is 42.5 Å². The van der Waals surface area contributed by atoms with Crippen molar-refractivity contribution >= 4 is 17.7 Å². The normalized spacial score (nSPS) is 15.8. The van der Waals surface area contributed by atoms with Crippen LogP contribution < -0.4 is 14.8 Å². The van der Waals surface area contributed by atoms with Gasteiger partial charge in [-0.1, -0.05) is 32.0 Å². The quantitative estimate of drug-likeness (QED) is 0.692. The fourth-order valence-corrected chi connectivity index (χ4v) is 3.97. The molecule has 2 aromatic rings. The molecule has 0 saturated carbocycles. The van der Waals surface area contributed by atoms with E-state index in [0.717, 1.165) is 5.56 Å². The molecule has 0 bridgehead atoms. The van der Waals surface area contributed by atoms with Crippen LogP contribution in [0.4, 0.5) is 0 Å². The van der Waals surface area contributed by atoms with E-state index in [2.05, 4.69) is 5.32 Å². The van der Waals surface area contributed by atoms with Gasteiger partial charge in [0.1, 0.15) is 13.2 Å². The third-order valence-corrected chi connectivity index (χ3v) is 5.57. The molecule has 2 aromatic carbocycles. The molecule has 4 rings (SSSR count). The zero-order chi connectivity index (χ0) is 22.0. The van der Waals surface area contributed by atoms with E-state index in [9.17, 15) is 14.4 Å². The van der Waals surface area contributed by atoms with Gasteiger partial charge in [-0.2, -0.15) is 0 Å². The number of carbonyl (C=O) groups is 3. The summed E-state index contributed by atoms with van der Waals surface area (Å²) in [6, 6.07) is 12.3. The molecule has 0 saturated heterocycles. The van der Waals surface area contributed by atoms with Crippen molar-refractivity contribution in [1.82, 2.24) is 10.2 Å². The zero-order valence-corrected chi connectivity index (χ0v) is 17.7. The summed E-state index contributed by atoms with van der Waals surface area (Å²) in [5.74, 6) is 0.863. The molecule has 0 radical (unpaired) electrons. The van der Waals surface area contributed by atoms with Gasteiger partial charge >= 0.3 is 0 Å². The number of amides is 3. The van der Waals surface area contributed by atoms with Gasteiger partial charge in [-0.05, 0) is 42.2 Å². The van der Waals surface area contributed by atoms with Crippen molar-refractivity contribution in [2.45, 2.75) is 32.7 Å². The Balaban J connectivity index is 1.34. The molecule has 162 valence electrons. The Kier molecular flexibility index (Phi) is 5.93. The number of hydrogen-bond acceptors (Lipinski definition) is 5. The second-order valence-electron chi connectivity index (χ2n) is 8.10. The summed E-state index contributed by atoms with van der Waals surface area (Å²) in [5, 5.41) is 3.08. The largest absolute Gasteiger partial charge is 0.486 e. The number of benzene rings is 2. The van der Waals surface area contributed by atoms with Crippen molar-refractivity contribution < 1.29 is 23.9 Å². The highest BCUT2D eigenvalue weighted by Crippen LogP contribution is 2.34. The molecular formula is C24H26N2O5. The van der Waals surface area contributed by atoms with E-state index in [1.807, 2.05) is 32.0 Å². The Morgan fingerprint density at radius 3 is 2.29 bits per heavy atom. The van der Waals surface area contributed by atoms with E-state index in [1.54, 1.807) is 24.3 Å². The first-order valence-corrected chi connectivity index (χ1v) is 10.6. The van der Waals surface area contributed by atoms with Gasteiger partial charge in [-0.25, -0.2) is 0 Å². The number of hydrogen-bond donors (Lipinski definition) is 1. The monoisotopic (exact) mass is 422 g/mol. The third kappa shape index (κ3) is 4.26. The first-order valence-electron chi connectivity index (χ1n) is 10.6. The first kappa shape index (κ1) is 20.9. The lowest BCUT2D eigenvalue weighted by atomic mass is 9.95. The molecule has 0 aliphatic carbocycles. The average molecular weight is 422 g/mol. The van der Waals surface area contributed by atoms with Crippen molar-refractivity contribution in [3.63, 3.8) is 0 Å². The van der Waals surface area contributed by atoms with Gasteiger partial charge in [0.2, 0.25) is 5.91 Å². The second-order valence-corrected chi connectivity index (χ2v) is 8.10. The maximum Gasteiger partial charge on any atom is 0.261 e. The minimum Gasteiger partial charge on any atom is -0.486 e. The molecule has 3 amide bonds. The fourth-order valence-electron chi connectivity index (χ4n) is 3.97. The van der Waals surface area contributed by atoms with E-state index in [-0.39, 0.29) is 42.6 Å². The Morgan fingerprint density at radius 2 is 1.65 bits per heavy atom. The van der Waals surface area contributed by atoms with E-state index in [4.69, 9.17) is 9.47 Å². The standard InChI is InChI=1S/C24H26N2O5/c1-15(2)22(16-9-10-19-20(14-16)31-13-12-30-19)25-21(27)8-5-11-26-23(28)17-6-3-4-7-18(17)24(26)29/h3-4,6-7,9-10,14-15,22H,5,8,11-13H2,1-2H3,(H,25,27). The highest BCUT2D eigenvalue weighted by atomic mass is 16.6. The number of nitrogens with one attached hydrogen (secondary N) is 1. The molecule has 1 unspecified atom stereocenters. The third-order valence-electron chi connectivity index (χ3n) is 5.57. The highest BCUT2D eigenvalue weighted by Gasteiger charge is 2.34. The minimum absolute atomic E-state index is 0.120. The molecule has 7 nitrogen and oxygen atoms in total. The van der Waals surface area contributed by atoms with E-state index in [0.29, 0.717) is 42.3 Å². The van der Waals surface area contributed by atoms with E-state index < -0.39 is 0 Å². The van der Waals surface area contributed by atoms with Crippen LogP contribution in [0.25, 0.3) is 0 Å². The molecule has 1 atom stereocenters. The SMILES string of the molecule is CC(C)C(NC(=O)CCCN1C(=O)c2ccccc2C1=O)c1ccc2c(c1)OCCO2. The van der Waals surface area contributed by atoms with Crippen LogP contribution in [0.2, 0.25) is 0 Å². The summed E-state index contributed by atoms with van der Waals surface area (Å²) in [5.41, 5.74) is 1.80. The van der Waals surface area contributed by atoms with Crippen LogP contribution >= 0.6 is 0 Å². The molecule has 2 heterocycles. The summed E-state index contributed by atoms with van der Waals surface area (Å²) in [7, 11) is 0. The van der Waals surface area contributed by atoms with Crippen molar-refractivity contribution in [3.8, 4) is 11.5 Å². The number of nitrogens with zero attached hydrogens (tertiary/aromatic N) is 1. The minimum atomic E-state index is -0.294. The number of imide groups is 1. The predicted octanol–water partition coefficient (Wildman–Crippen LogP) is 3.35. The van der Waals surface area contributed by atoms with Crippen LogP contribution in [-0.2, 0) is 4.79 Å². The van der Waals surface area contributed by atoms with Crippen molar-refractivity contribution in [1.29, 1.82) is 0 Å². The lowest BCUT2D eigenvalue weighted by Crippen LogP contribution is -2.34. The Bertz CT molecular complexity index is 982. The molecule has 0 aromatic heterocycles. The van der Waals surface area contributed by atoms with Crippen molar-refractivity contribution in [2.24, 2.45) is 5.92 Å². The van der Waals surface area contributed by atoms with Crippen LogP contribution in [-0.4, -0.2) is 42.4 Å². The molecular weight excluding hydrogens is 396 g/mol. The number of fused-ring (bicyclic) bond motifs is 2. The highest BCUT2D eigenvalue weighted by molar-refractivity contribution is 6.21. The lowest BCUT2D eigenvalue weighted by Gasteiger charge is -2.25. The maximum atomic E-state index is 12.6. The second kappa shape index (κ2) is 8.79. The average Bonchev–Trinajstić information content (AvgIpc) is 3.02. The Labute approximate surface area is 181 Å². The zero-order valence-electron chi connectivity index (χ0n) is 17.7. The van der Waals surface area contributed by atoms with Crippen LogP contribution in [0, 0.1) is 5.92 Å². The maximum absolute atomic E-state index is 12.6. The molecule has 2 aliphatic heterocycles. The van der Waals surface area contributed by atoms with E-state index >= 15 is 0 Å². The smallest absolute Gasteiger partial charge is 0.261 e.